The lowest BCUT2D eigenvalue weighted by molar-refractivity contribution is -0.288. The average Bonchev–Trinajstić information content (AvgIpc) is 2.58. The van der Waals surface area contributed by atoms with Gasteiger partial charge in [0, 0.05) is 23.9 Å². The molecule has 20 heavy (non-hydrogen) atoms. The molecule has 2 rings (SSSR count). The highest BCUT2D eigenvalue weighted by Crippen LogP contribution is 2.48. The van der Waals surface area contributed by atoms with Gasteiger partial charge in [0.15, 0.2) is 0 Å². The molecule has 0 atom stereocenters. The van der Waals surface area contributed by atoms with Crippen LogP contribution >= 0.6 is 0 Å². The number of piperidine rings is 1. The van der Waals surface area contributed by atoms with E-state index in [1.807, 2.05) is 41.5 Å². The molecular weight excluding hydrogens is 256 g/mol. The molecule has 0 aliphatic carbocycles. The first kappa shape index (κ1) is 15.7. The van der Waals surface area contributed by atoms with Crippen LogP contribution in [-0.4, -0.2) is 38.6 Å². The lowest BCUT2D eigenvalue weighted by Gasteiger charge is -2.55. The molecule has 0 radical (unpaired) electrons. The molecule has 2 N–H and O–H groups in total. The summed E-state index contributed by atoms with van der Waals surface area (Å²) < 4.78 is 6.31. The number of ether oxygens (including phenoxy) is 1. The molecule has 116 valence electrons. The number of nitrogens with zero attached hydrogens (tertiary/aromatic N) is 1. The van der Waals surface area contributed by atoms with Crippen LogP contribution in [0, 0.1) is 0 Å². The summed E-state index contributed by atoms with van der Waals surface area (Å²) in [5, 5.41) is 14.9. The van der Waals surface area contributed by atoms with E-state index in [-0.39, 0.29) is 5.91 Å². The molecule has 0 aromatic rings. The Morgan fingerprint density at radius 2 is 1.60 bits per heavy atom. The van der Waals surface area contributed by atoms with Gasteiger partial charge in [-0.25, -0.2) is 0 Å². The van der Waals surface area contributed by atoms with E-state index in [1.165, 1.54) is 5.06 Å². The van der Waals surface area contributed by atoms with E-state index in [9.17, 15) is 10.0 Å². The molecule has 1 amide bonds. The first-order chi connectivity index (χ1) is 9.03. The van der Waals surface area contributed by atoms with Crippen molar-refractivity contribution in [3.05, 3.63) is 0 Å². The van der Waals surface area contributed by atoms with Crippen LogP contribution in [0.15, 0.2) is 0 Å². The highest BCUT2D eigenvalue weighted by Gasteiger charge is 2.61. The second-order valence-electron chi connectivity index (χ2n) is 7.54. The van der Waals surface area contributed by atoms with E-state index in [0.29, 0.717) is 25.7 Å². The quantitative estimate of drug-likeness (QED) is 0.817. The van der Waals surface area contributed by atoms with E-state index in [1.54, 1.807) is 0 Å². The first-order valence-corrected chi connectivity index (χ1v) is 7.55. The highest BCUT2D eigenvalue weighted by atomic mass is 16.6. The van der Waals surface area contributed by atoms with Crippen LogP contribution in [0.3, 0.4) is 0 Å². The second kappa shape index (κ2) is 4.42. The van der Waals surface area contributed by atoms with Gasteiger partial charge in [0.25, 0.3) is 5.91 Å². The summed E-state index contributed by atoms with van der Waals surface area (Å²) in [5.41, 5.74) is -2.29. The van der Waals surface area contributed by atoms with E-state index in [0.717, 1.165) is 0 Å². The van der Waals surface area contributed by atoms with E-state index in [4.69, 9.17) is 4.74 Å². The van der Waals surface area contributed by atoms with Crippen molar-refractivity contribution in [1.29, 1.82) is 0 Å². The zero-order valence-electron chi connectivity index (χ0n) is 13.5. The maximum atomic E-state index is 12.4. The van der Waals surface area contributed by atoms with Crippen molar-refractivity contribution in [2.45, 2.75) is 89.6 Å². The summed E-state index contributed by atoms with van der Waals surface area (Å²) >= 11 is 0. The Hall–Kier alpha value is -0.650. The lowest BCUT2D eigenvalue weighted by atomic mass is 9.76. The monoisotopic (exact) mass is 284 g/mol. The Morgan fingerprint density at radius 3 is 1.95 bits per heavy atom. The van der Waals surface area contributed by atoms with Crippen molar-refractivity contribution < 1.29 is 14.7 Å². The topological polar surface area (TPSA) is 61.8 Å². The van der Waals surface area contributed by atoms with Gasteiger partial charge in [-0.3, -0.25) is 4.79 Å². The van der Waals surface area contributed by atoms with Crippen LogP contribution < -0.4 is 5.32 Å². The number of carbonyl (C=O) groups excluding carboxylic acids is 1. The molecule has 0 aromatic carbocycles. The number of nitrogens with one attached hydrogen (secondary N) is 1. The van der Waals surface area contributed by atoms with E-state index < -0.39 is 22.4 Å². The lowest BCUT2D eigenvalue weighted by Crippen LogP contribution is -2.67. The van der Waals surface area contributed by atoms with Crippen molar-refractivity contribution in [2.24, 2.45) is 0 Å². The molecule has 0 saturated carbocycles. The van der Waals surface area contributed by atoms with Crippen molar-refractivity contribution in [3.63, 3.8) is 0 Å². The molecule has 1 spiro atoms. The summed E-state index contributed by atoms with van der Waals surface area (Å²) in [7, 11) is 0. The minimum absolute atomic E-state index is 0.0134. The number of hydrogen-bond donors (Lipinski definition) is 2. The van der Waals surface area contributed by atoms with Crippen LogP contribution in [0.5, 0.6) is 0 Å². The fraction of sp³-hybridized carbons (Fsp3) is 0.933. The fourth-order valence-electron chi connectivity index (χ4n) is 4.07. The van der Waals surface area contributed by atoms with Gasteiger partial charge in [0.2, 0.25) is 0 Å². The third-order valence-electron chi connectivity index (χ3n) is 4.87. The van der Waals surface area contributed by atoms with Crippen LogP contribution in [0.4, 0.5) is 0 Å². The number of amides is 1. The van der Waals surface area contributed by atoms with Crippen molar-refractivity contribution >= 4 is 5.91 Å². The number of hydroxylamine groups is 2. The van der Waals surface area contributed by atoms with Gasteiger partial charge >= 0.3 is 0 Å². The predicted octanol–water partition coefficient (Wildman–Crippen LogP) is 2.43. The largest absolute Gasteiger partial charge is 0.339 e. The van der Waals surface area contributed by atoms with Crippen LogP contribution in [-0.2, 0) is 9.53 Å². The summed E-state index contributed by atoms with van der Waals surface area (Å²) in [6.45, 7) is 11.9. The molecule has 2 fully saturated rings. The molecule has 5 heteroatoms. The smallest absolute Gasteiger partial charge is 0.254 e. The first-order valence-electron chi connectivity index (χ1n) is 7.55. The normalized spacial score (nSPS) is 30.4. The zero-order valence-corrected chi connectivity index (χ0v) is 13.5. The van der Waals surface area contributed by atoms with Crippen LogP contribution in [0.1, 0.15) is 67.2 Å². The van der Waals surface area contributed by atoms with Crippen LogP contribution in [0.2, 0.25) is 0 Å². The average molecular weight is 284 g/mol. The summed E-state index contributed by atoms with van der Waals surface area (Å²) in [4.78, 5) is 12.4. The van der Waals surface area contributed by atoms with E-state index in [2.05, 4.69) is 5.32 Å². The molecule has 2 aliphatic rings. The number of hydrogen-bond acceptors (Lipinski definition) is 4. The van der Waals surface area contributed by atoms with Gasteiger partial charge in [0.1, 0.15) is 11.3 Å². The minimum Gasteiger partial charge on any atom is -0.339 e. The molecular formula is C15H28N2O3. The Bertz CT molecular complexity index is 395. The third-order valence-corrected chi connectivity index (χ3v) is 4.87. The molecule has 0 aromatic heterocycles. The molecule has 2 saturated heterocycles. The standard InChI is InChI=1S/C15H28N2O3/c1-7-14(8-2)11(18)16-15(20-14)9-12(3,4)17(19)13(5,6)10-15/h19H,7-10H2,1-6H3,(H,16,18). The molecule has 0 unspecified atom stereocenters. The Kier molecular flexibility index (Phi) is 3.48. The third kappa shape index (κ3) is 2.16. The summed E-state index contributed by atoms with van der Waals surface area (Å²) in [6, 6.07) is 0. The summed E-state index contributed by atoms with van der Waals surface area (Å²) in [5.74, 6) is -0.0134. The van der Waals surface area contributed by atoms with Gasteiger partial charge in [0.05, 0.1) is 0 Å². The highest BCUT2D eigenvalue weighted by molar-refractivity contribution is 5.87. The van der Waals surface area contributed by atoms with Gasteiger partial charge in [-0.2, -0.15) is 5.06 Å². The Balaban J connectivity index is 2.36. The van der Waals surface area contributed by atoms with Gasteiger partial charge < -0.3 is 15.3 Å². The molecule has 0 bridgehead atoms. The maximum Gasteiger partial charge on any atom is 0.254 e. The fourth-order valence-corrected chi connectivity index (χ4v) is 4.07. The molecule has 2 heterocycles. The van der Waals surface area contributed by atoms with Gasteiger partial charge in [-0.15, -0.1) is 0 Å². The van der Waals surface area contributed by atoms with Crippen molar-refractivity contribution in [1.82, 2.24) is 10.4 Å². The Morgan fingerprint density at radius 1 is 1.15 bits per heavy atom. The number of rotatable bonds is 2. The van der Waals surface area contributed by atoms with Gasteiger partial charge in [-0.05, 0) is 40.5 Å². The minimum atomic E-state index is -0.718. The van der Waals surface area contributed by atoms with Crippen LogP contribution in [0.25, 0.3) is 0 Å². The number of carbonyl (C=O) groups is 1. The SMILES string of the molecule is CCC1(CC)OC2(CC(C)(C)N(O)C(C)(C)C2)NC1=O. The maximum absolute atomic E-state index is 12.4. The van der Waals surface area contributed by atoms with Crippen molar-refractivity contribution in [2.75, 3.05) is 0 Å². The predicted molar refractivity (Wildman–Crippen MR) is 76.3 cm³/mol. The van der Waals surface area contributed by atoms with Crippen molar-refractivity contribution in [3.8, 4) is 0 Å². The zero-order chi connectivity index (χ0) is 15.4. The summed E-state index contributed by atoms with van der Waals surface area (Å²) in [6.07, 6.45) is 2.49. The second-order valence-corrected chi connectivity index (χ2v) is 7.54. The van der Waals surface area contributed by atoms with Gasteiger partial charge in [-0.1, -0.05) is 13.8 Å². The van der Waals surface area contributed by atoms with E-state index >= 15 is 0 Å². The molecule has 2 aliphatic heterocycles. The molecule has 5 nitrogen and oxygen atoms in total. The Labute approximate surface area is 121 Å².